The standard InChI is InChI=1S/C18H14Cl2N8OS/c19-12-3-1-2-11(6-12)17-25-26-18(28(17)21)30-8-16(29)24-14-7-13(20)4-5-15(14)27-10-22-9-23-27/h1-7,9-10H,8,21H2,(H,24,29). The van der Waals surface area contributed by atoms with E-state index in [1.165, 1.54) is 22.0 Å². The van der Waals surface area contributed by atoms with Crippen LogP contribution in [-0.2, 0) is 4.79 Å². The van der Waals surface area contributed by atoms with Gasteiger partial charge in [-0.15, -0.1) is 10.2 Å². The fraction of sp³-hybridized carbons (Fsp3) is 0.0556. The number of thioether (sulfide) groups is 1. The number of benzene rings is 2. The maximum atomic E-state index is 12.5. The number of nitrogens with zero attached hydrogens (tertiary/aromatic N) is 6. The third kappa shape index (κ3) is 4.40. The zero-order valence-electron chi connectivity index (χ0n) is 15.2. The minimum absolute atomic E-state index is 0.0637. The molecule has 0 unspecified atom stereocenters. The van der Waals surface area contributed by atoms with Gasteiger partial charge in [0.1, 0.15) is 12.7 Å². The van der Waals surface area contributed by atoms with Crippen LogP contribution in [0, 0.1) is 0 Å². The average molecular weight is 461 g/mol. The van der Waals surface area contributed by atoms with Crippen LogP contribution in [0.3, 0.4) is 0 Å². The van der Waals surface area contributed by atoms with E-state index in [9.17, 15) is 4.79 Å². The van der Waals surface area contributed by atoms with Gasteiger partial charge in [-0.25, -0.2) is 14.3 Å². The molecule has 0 aliphatic rings. The number of carbonyl (C=O) groups is 1. The molecule has 9 nitrogen and oxygen atoms in total. The van der Waals surface area contributed by atoms with Crippen molar-refractivity contribution in [1.29, 1.82) is 0 Å². The molecule has 0 radical (unpaired) electrons. The molecule has 0 saturated heterocycles. The normalized spacial score (nSPS) is 10.9. The molecular formula is C18H14Cl2N8OS. The Morgan fingerprint density at radius 2 is 1.97 bits per heavy atom. The Kier molecular flexibility index (Phi) is 5.88. The molecule has 30 heavy (non-hydrogen) atoms. The fourth-order valence-electron chi connectivity index (χ4n) is 2.66. The number of rotatable bonds is 6. The summed E-state index contributed by atoms with van der Waals surface area (Å²) >= 11 is 13.2. The molecule has 3 N–H and O–H groups in total. The number of halogens is 2. The average Bonchev–Trinajstić information content (AvgIpc) is 3.37. The zero-order chi connectivity index (χ0) is 21.1. The van der Waals surface area contributed by atoms with Gasteiger partial charge in [0.25, 0.3) is 0 Å². The second kappa shape index (κ2) is 8.74. The van der Waals surface area contributed by atoms with E-state index in [0.717, 1.165) is 17.3 Å². The first-order chi connectivity index (χ1) is 14.5. The molecule has 0 spiro atoms. The van der Waals surface area contributed by atoms with Crippen LogP contribution in [0.4, 0.5) is 5.69 Å². The first-order valence-corrected chi connectivity index (χ1v) is 10.3. The van der Waals surface area contributed by atoms with Crippen molar-refractivity contribution in [2.24, 2.45) is 0 Å². The number of amides is 1. The van der Waals surface area contributed by atoms with Gasteiger partial charge in [-0.05, 0) is 30.3 Å². The second-order valence-electron chi connectivity index (χ2n) is 6.02. The predicted molar refractivity (Wildman–Crippen MR) is 116 cm³/mol. The lowest BCUT2D eigenvalue weighted by atomic mass is 10.2. The number of anilines is 1. The monoisotopic (exact) mass is 460 g/mol. The van der Waals surface area contributed by atoms with Crippen molar-refractivity contribution in [3.8, 4) is 17.1 Å². The third-order valence-electron chi connectivity index (χ3n) is 3.98. The van der Waals surface area contributed by atoms with Crippen molar-refractivity contribution in [1.82, 2.24) is 29.6 Å². The second-order valence-corrected chi connectivity index (χ2v) is 7.84. The molecule has 12 heteroatoms. The number of carbonyl (C=O) groups excluding carboxylic acids is 1. The molecular weight excluding hydrogens is 447 g/mol. The van der Waals surface area contributed by atoms with Gasteiger partial charge in [0.15, 0.2) is 5.82 Å². The third-order valence-corrected chi connectivity index (χ3v) is 5.39. The van der Waals surface area contributed by atoms with Crippen molar-refractivity contribution in [2.75, 3.05) is 16.9 Å². The minimum Gasteiger partial charge on any atom is -0.335 e. The summed E-state index contributed by atoms with van der Waals surface area (Å²) in [4.78, 5) is 16.4. The highest BCUT2D eigenvalue weighted by molar-refractivity contribution is 7.99. The summed E-state index contributed by atoms with van der Waals surface area (Å²) in [7, 11) is 0. The molecule has 0 aliphatic heterocycles. The van der Waals surface area contributed by atoms with Gasteiger partial charge >= 0.3 is 0 Å². The van der Waals surface area contributed by atoms with Crippen molar-refractivity contribution < 1.29 is 4.79 Å². The molecule has 0 aliphatic carbocycles. The van der Waals surface area contributed by atoms with Crippen molar-refractivity contribution >= 4 is 46.6 Å². The van der Waals surface area contributed by atoms with Gasteiger partial charge < -0.3 is 11.2 Å². The summed E-state index contributed by atoms with van der Waals surface area (Å²) in [6, 6.07) is 12.2. The van der Waals surface area contributed by atoms with Crippen LogP contribution in [-0.4, -0.2) is 41.3 Å². The molecule has 0 fully saturated rings. The number of hydrogen-bond acceptors (Lipinski definition) is 7. The fourth-order valence-corrected chi connectivity index (χ4v) is 3.68. The number of nitrogen functional groups attached to an aromatic ring is 1. The summed E-state index contributed by atoms with van der Waals surface area (Å²) in [6.45, 7) is 0. The highest BCUT2D eigenvalue weighted by Gasteiger charge is 2.15. The van der Waals surface area contributed by atoms with E-state index in [2.05, 4.69) is 25.6 Å². The molecule has 0 atom stereocenters. The molecule has 4 aromatic rings. The molecule has 2 heterocycles. The van der Waals surface area contributed by atoms with E-state index in [4.69, 9.17) is 29.0 Å². The molecule has 2 aromatic carbocycles. The Balaban J connectivity index is 1.46. The van der Waals surface area contributed by atoms with Crippen LogP contribution in [0.25, 0.3) is 17.1 Å². The Morgan fingerprint density at radius 3 is 2.73 bits per heavy atom. The van der Waals surface area contributed by atoms with E-state index < -0.39 is 0 Å². The molecule has 2 aromatic heterocycles. The lowest BCUT2D eigenvalue weighted by Gasteiger charge is -2.11. The van der Waals surface area contributed by atoms with Crippen molar-refractivity contribution in [2.45, 2.75) is 5.16 Å². The molecule has 152 valence electrons. The van der Waals surface area contributed by atoms with E-state index in [-0.39, 0.29) is 11.7 Å². The lowest BCUT2D eigenvalue weighted by Crippen LogP contribution is -2.17. The van der Waals surface area contributed by atoms with Crippen LogP contribution >= 0.6 is 35.0 Å². The van der Waals surface area contributed by atoms with Gasteiger partial charge in [0.2, 0.25) is 11.1 Å². The minimum atomic E-state index is -0.268. The quantitative estimate of drug-likeness (QED) is 0.334. The van der Waals surface area contributed by atoms with Gasteiger partial charge in [0, 0.05) is 15.6 Å². The molecule has 0 bridgehead atoms. The van der Waals surface area contributed by atoms with E-state index in [1.807, 2.05) is 6.07 Å². The van der Waals surface area contributed by atoms with Crippen LogP contribution in [0.1, 0.15) is 0 Å². The van der Waals surface area contributed by atoms with Gasteiger partial charge in [0.05, 0.1) is 17.1 Å². The number of nitrogens with two attached hydrogens (primary N) is 1. The Bertz CT molecular complexity index is 1190. The maximum Gasteiger partial charge on any atom is 0.234 e. The Hall–Kier alpha value is -3.08. The highest BCUT2D eigenvalue weighted by Crippen LogP contribution is 2.26. The topological polar surface area (TPSA) is 117 Å². The number of hydrogen-bond donors (Lipinski definition) is 2. The SMILES string of the molecule is Nn1c(SCC(=O)Nc2cc(Cl)ccc2-n2cncn2)nnc1-c1cccc(Cl)c1. The smallest absolute Gasteiger partial charge is 0.234 e. The maximum absolute atomic E-state index is 12.5. The Morgan fingerprint density at radius 1 is 1.13 bits per heavy atom. The summed E-state index contributed by atoms with van der Waals surface area (Å²) in [5.41, 5.74) is 1.87. The van der Waals surface area contributed by atoms with Crippen molar-refractivity contribution in [3.63, 3.8) is 0 Å². The first-order valence-electron chi connectivity index (χ1n) is 8.55. The van der Waals surface area contributed by atoms with Crippen molar-refractivity contribution in [3.05, 3.63) is 65.2 Å². The number of aromatic nitrogens is 6. The lowest BCUT2D eigenvalue weighted by molar-refractivity contribution is -0.113. The number of nitrogens with one attached hydrogen (secondary N) is 1. The molecule has 0 saturated carbocycles. The van der Waals surface area contributed by atoms with Gasteiger partial charge in [-0.2, -0.15) is 5.10 Å². The first kappa shape index (κ1) is 20.2. The van der Waals surface area contributed by atoms with Gasteiger partial charge in [-0.1, -0.05) is 47.1 Å². The Labute approximate surface area is 185 Å². The summed E-state index contributed by atoms with van der Waals surface area (Å²) in [5, 5.41) is 16.5. The zero-order valence-corrected chi connectivity index (χ0v) is 17.6. The summed E-state index contributed by atoms with van der Waals surface area (Å²) in [5.74, 6) is 6.34. The van der Waals surface area contributed by atoms with E-state index in [0.29, 0.717) is 32.4 Å². The molecule has 4 rings (SSSR count). The highest BCUT2D eigenvalue weighted by atomic mass is 35.5. The van der Waals surface area contributed by atoms with E-state index in [1.54, 1.807) is 36.4 Å². The van der Waals surface area contributed by atoms with Crippen LogP contribution in [0.15, 0.2) is 60.3 Å². The van der Waals surface area contributed by atoms with E-state index >= 15 is 0 Å². The van der Waals surface area contributed by atoms with Gasteiger partial charge in [-0.3, -0.25) is 4.79 Å². The summed E-state index contributed by atoms with van der Waals surface area (Å²) in [6.07, 6.45) is 2.93. The largest absolute Gasteiger partial charge is 0.335 e. The van der Waals surface area contributed by atoms with Crippen LogP contribution in [0.2, 0.25) is 10.0 Å². The summed E-state index contributed by atoms with van der Waals surface area (Å²) < 4.78 is 2.86. The van der Waals surface area contributed by atoms with Crippen LogP contribution in [0.5, 0.6) is 0 Å². The predicted octanol–water partition coefficient (Wildman–Crippen LogP) is 3.28. The van der Waals surface area contributed by atoms with Crippen LogP contribution < -0.4 is 11.2 Å². The molecule has 1 amide bonds.